The Labute approximate surface area is 184 Å². The molecule has 0 unspecified atom stereocenters. The minimum absolute atomic E-state index is 0. The van der Waals surface area contributed by atoms with Gasteiger partial charge in [0.2, 0.25) is 0 Å². The number of hydrogen-bond donors (Lipinski definition) is 3. The van der Waals surface area contributed by atoms with Crippen LogP contribution in [-0.2, 0) is 12.1 Å². The number of nitrogens with two attached hydrogens (primary N) is 1. The monoisotopic (exact) mass is 441 g/mol. The van der Waals surface area contributed by atoms with Gasteiger partial charge in [0.05, 0.1) is 0 Å². The van der Waals surface area contributed by atoms with Crippen LogP contribution in [-0.4, -0.2) is 10.9 Å². The highest BCUT2D eigenvalue weighted by Crippen LogP contribution is 2.38. The molecule has 0 atom stereocenters. The van der Waals surface area contributed by atoms with Gasteiger partial charge in [-0.2, -0.15) is 0 Å². The summed E-state index contributed by atoms with van der Waals surface area (Å²) in [5.74, 6) is -1.92. The molecule has 0 saturated heterocycles. The number of nitrogens with one attached hydrogen (secondary N) is 2. The van der Waals surface area contributed by atoms with Crippen molar-refractivity contribution in [2.45, 2.75) is 31.3 Å². The van der Waals surface area contributed by atoms with Gasteiger partial charge in [0.1, 0.15) is 0 Å². The number of carbonyl (C=O) groups excluding carboxylic acids is 1. The number of rotatable bonds is 4. The SMILES string of the molecule is Cl.NC1(c2cccc(C(=O)NCc3ccc4c(c3)[nH]c3cc(F)c(F)cc34)c2)CCC1. The zero-order valence-electron chi connectivity index (χ0n) is 16.7. The van der Waals surface area contributed by atoms with Crippen molar-refractivity contribution in [1.82, 2.24) is 10.3 Å². The Hall–Kier alpha value is -2.96. The minimum atomic E-state index is -0.884. The van der Waals surface area contributed by atoms with Crippen LogP contribution in [0.5, 0.6) is 0 Å². The van der Waals surface area contributed by atoms with E-state index in [4.69, 9.17) is 5.73 Å². The third-order valence-corrected chi connectivity index (χ3v) is 6.10. The molecule has 0 spiro atoms. The molecule has 1 heterocycles. The average Bonchev–Trinajstić information content (AvgIpc) is 3.07. The summed E-state index contributed by atoms with van der Waals surface area (Å²) in [6, 6.07) is 15.5. The molecule has 1 aliphatic rings. The molecule has 0 aliphatic heterocycles. The lowest BCUT2D eigenvalue weighted by atomic mass is 9.72. The smallest absolute Gasteiger partial charge is 0.251 e. The van der Waals surface area contributed by atoms with Crippen LogP contribution in [0.2, 0.25) is 0 Å². The van der Waals surface area contributed by atoms with E-state index in [9.17, 15) is 13.6 Å². The third-order valence-electron chi connectivity index (χ3n) is 6.10. The highest BCUT2D eigenvalue weighted by atomic mass is 35.5. The lowest BCUT2D eigenvalue weighted by Gasteiger charge is -2.38. The van der Waals surface area contributed by atoms with Crippen LogP contribution in [0.3, 0.4) is 0 Å². The van der Waals surface area contributed by atoms with Crippen LogP contribution in [0, 0.1) is 11.6 Å². The molecule has 0 radical (unpaired) electrons. The van der Waals surface area contributed by atoms with Gasteiger partial charge in [-0.3, -0.25) is 4.79 Å². The summed E-state index contributed by atoms with van der Waals surface area (Å²) in [5.41, 5.74) is 9.84. The van der Waals surface area contributed by atoms with Gasteiger partial charge < -0.3 is 16.0 Å². The maximum Gasteiger partial charge on any atom is 0.251 e. The second kappa shape index (κ2) is 7.94. The van der Waals surface area contributed by atoms with Crippen molar-refractivity contribution in [3.8, 4) is 0 Å². The number of hydrogen-bond acceptors (Lipinski definition) is 2. The molecule has 1 fully saturated rings. The number of benzene rings is 3. The van der Waals surface area contributed by atoms with E-state index in [0.29, 0.717) is 23.0 Å². The molecule has 3 aromatic carbocycles. The first-order chi connectivity index (χ1) is 14.4. The number of H-pyrrole nitrogens is 1. The molecule has 31 heavy (non-hydrogen) atoms. The Morgan fingerprint density at radius 2 is 1.74 bits per heavy atom. The van der Waals surface area contributed by atoms with Crippen LogP contribution in [0.15, 0.2) is 54.6 Å². The number of carbonyl (C=O) groups is 1. The molecule has 4 nitrogen and oxygen atoms in total. The van der Waals surface area contributed by atoms with Crippen LogP contribution in [0.4, 0.5) is 8.78 Å². The molecule has 1 aromatic heterocycles. The van der Waals surface area contributed by atoms with E-state index in [2.05, 4.69) is 10.3 Å². The number of aromatic amines is 1. The largest absolute Gasteiger partial charge is 0.354 e. The van der Waals surface area contributed by atoms with Crippen LogP contribution < -0.4 is 11.1 Å². The quantitative estimate of drug-likeness (QED) is 0.402. The number of aromatic nitrogens is 1. The van der Waals surface area contributed by atoms with Crippen molar-refractivity contribution in [2.24, 2.45) is 5.73 Å². The maximum absolute atomic E-state index is 13.6. The zero-order valence-corrected chi connectivity index (χ0v) is 17.5. The van der Waals surface area contributed by atoms with Gasteiger partial charge in [-0.25, -0.2) is 8.78 Å². The zero-order chi connectivity index (χ0) is 20.9. The fraction of sp³-hybridized carbons (Fsp3) is 0.208. The maximum atomic E-state index is 13.6. The minimum Gasteiger partial charge on any atom is -0.354 e. The molecule has 4 aromatic rings. The summed E-state index contributed by atoms with van der Waals surface area (Å²) in [6.07, 6.45) is 3.00. The van der Waals surface area contributed by atoms with Gasteiger partial charge in [-0.15, -0.1) is 12.4 Å². The topological polar surface area (TPSA) is 70.9 Å². The van der Waals surface area contributed by atoms with Gasteiger partial charge in [-0.1, -0.05) is 24.3 Å². The lowest BCUT2D eigenvalue weighted by Crippen LogP contribution is -2.43. The molecule has 0 bridgehead atoms. The molecule has 5 rings (SSSR count). The van der Waals surface area contributed by atoms with E-state index < -0.39 is 11.6 Å². The lowest BCUT2D eigenvalue weighted by molar-refractivity contribution is 0.0950. The molecule has 7 heteroatoms. The first kappa shape index (κ1) is 21.3. The van der Waals surface area contributed by atoms with Crippen molar-refractivity contribution in [3.63, 3.8) is 0 Å². The van der Waals surface area contributed by atoms with Gasteiger partial charge in [0.15, 0.2) is 11.6 Å². The second-order valence-corrected chi connectivity index (χ2v) is 8.09. The van der Waals surface area contributed by atoms with E-state index >= 15 is 0 Å². The number of amides is 1. The Morgan fingerprint density at radius 3 is 2.48 bits per heavy atom. The molecule has 160 valence electrons. The molecular formula is C24H22ClF2N3O. The number of fused-ring (bicyclic) bond motifs is 3. The predicted octanol–water partition coefficient (Wildman–Crippen LogP) is 5.29. The molecule has 1 aliphatic carbocycles. The Morgan fingerprint density at radius 1 is 1.00 bits per heavy atom. The summed E-state index contributed by atoms with van der Waals surface area (Å²) in [4.78, 5) is 15.7. The average molecular weight is 442 g/mol. The van der Waals surface area contributed by atoms with Crippen molar-refractivity contribution >= 4 is 40.1 Å². The van der Waals surface area contributed by atoms with E-state index in [1.807, 2.05) is 36.4 Å². The van der Waals surface area contributed by atoms with Crippen molar-refractivity contribution in [3.05, 3.63) is 82.9 Å². The summed E-state index contributed by atoms with van der Waals surface area (Å²) >= 11 is 0. The molecule has 1 amide bonds. The van der Waals surface area contributed by atoms with E-state index in [0.717, 1.165) is 47.4 Å². The fourth-order valence-corrected chi connectivity index (χ4v) is 4.16. The predicted molar refractivity (Wildman–Crippen MR) is 120 cm³/mol. The summed E-state index contributed by atoms with van der Waals surface area (Å²) < 4.78 is 27.1. The molecule has 4 N–H and O–H groups in total. The van der Waals surface area contributed by atoms with Crippen LogP contribution >= 0.6 is 12.4 Å². The number of halogens is 3. The van der Waals surface area contributed by atoms with Crippen LogP contribution in [0.25, 0.3) is 21.8 Å². The van der Waals surface area contributed by atoms with Gasteiger partial charge >= 0.3 is 0 Å². The third kappa shape index (κ3) is 3.77. The van der Waals surface area contributed by atoms with Gasteiger partial charge in [0, 0.05) is 45.5 Å². The van der Waals surface area contributed by atoms with Crippen molar-refractivity contribution in [1.29, 1.82) is 0 Å². The summed E-state index contributed by atoms with van der Waals surface area (Å²) in [6.45, 7) is 0.338. The molecular weight excluding hydrogens is 420 g/mol. The van der Waals surface area contributed by atoms with Gasteiger partial charge in [0.25, 0.3) is 5.91 Å². The molecule has 1 saturated carbocycles. The highest BCUT2D eigenvalue weighted by Gasteiger charge is 2.34. The first-order valence-corrected chi connectivity index (χ1v) is 10.00. The van der Waals surface area contributed by atoms with Crippen molar-refractivity contribution < 1.29 is 13.6 Å². The summed E-state index contributed by atoms with van der Waals surface area (Å²) in [5, 5.41) is 4.37. The highest BCUT2D eigenvalue weighted by molar-refractivity contribution is 6.07. The van der Waals surface area contributed by atoms with E-state index in [-0.39, 0.29) is 23.9 Å². The van der Waals surface area contributed by atoms with Crippen LogP contribution in [0.1, 0.15) is 40.7 Å². The Bertz CT molecular complexity index is 1300. The van der Waals surface area contributed by atoms with E-state index in [1.54, 1.807) is 6.07 Å². The fourth-order valence-electron chi connectivity index (χ4n) is 4.16. The van der Waals surface area contributed by atoms with E-state index in [1.165, 1.54) is 6.07 Å². The first-order valence-electron chi connectivity index (χ1n) is 10.00. The standard InChI is InChI=1S/C24H21F2N3O.ClH/c25-19-11-18-17-6-5-14(9-21(17)29-22(18)12-20(19)26)13-28-23(30)15-3-1-4-16(10-15)24(27)7-2-8-24;/h1,3-6,9-12,29H,2,7-8,13,27H2,(H,28,30);1H. The Kier molecular flexibility index (Phi) is 5.45. The summed E-state index contributed by atoms with van der Waals surface area (Å²) in [7, 11) is 0. The van der Waals surface area contributed by atoms with Gasteiger partial charge in [-0.05, 0) is 54.7 Å². The van der Waals surface area contributed by atoms with Crippen molar-refractivity contribution in [2.75, 3.05) is 0 Å². The second-order valence-electron chi connectivity index (χ2n) is 8.09. The Balaban J connectivity index is 0.00000231. The normalized spacial score (nSPS) is 14.8.